The Morgan fingerprint density at radius 3 is 3.16 bits per heavy atom. The van der Waals surface area contributed by atoms with E-state index < -0.39 is 0 Å². The molecule has 0 aromatic carbocycles. The summed E-state index contributed by atoms with van der Waals surface area (Å²) < 4.78 is 5.62. The summed E-state index contributed by atoms with van der Waals surface area (Å²) in [5.41, 5.74) is 7.55. The minimum Gasteiger partial charge on any atom is -0.397 e. The summed E-state index contributed by atoms with van der Waals surface area (Å²) in [4.78, 5) is 18.5. The zero-order valence-corrected chi connectivity index (χ0v) is 11.6. The fourth-order valence-electron chi connectivity index (χ4n) is 2.43. The molecule has 1 aliphatic heterocycles. The van der Waals surface area contributed by atoms with Crippen molar-refractivity contribution in [3.8, 4) is 0 Å². The summed E-state index contributed by atoms with van der Waals surface area (Å²) in [6.07, 6.45) is 3.72. The van der Waals surface area contributed by atoms with Crippen LogP contribution in [0.15, 0.2) is 12.3 Å². The summed E-state index contributed by atoms with van der Waals surface area (Å²) in [6.45, 7) is 5.92. The highest BCUT2D eigenvalue weighted by Gasteiger charge is 2.25. The van der Waals surface area contributed by atoms with E-state index in [-0.39, 0.29) is 12.0 Å². The molecular formula is C14H21N3O2. The van der Waals surface area contributed by atoms with E-state index in [1.54, 1.807) is 12.3 Å². The quantitative estimate of drug-likeness (QED) is 0.899. The highest BCUT2D eigenvalue weighted by Crippen LogP contribution is 2.18. The summed E-state index contributed by atoms with van der Waals surface area (Å²) in [5.74, 6) is 0.00158. The van der Waals surface area contributed by atoms with Crippen molar-refractivity contribution in [1.29, 1.82) is 0 Å². The number of nitrogens with two attached hydrogens (primary N) is 1. The molecule has 0 radical (unpaired) electrons. The summed E-state index contributed by atoms with van der Waals surface area (Å²) in [7, 11) is 0. The molecule has 0 aliphatic carbocycles. The predicted octanol–water partition coefficient (Wildman–Crippen LogP) is 1.61. The van der Waals surface area contributed by atoms with Crippen LogP contribution in [-0.2, 0) is 4.74 Å². The van der Waals surface area contributed by atoms with E-state index in [0.717, 1.165) is 25.1 Å². The Morgan fingerprint density at radius 1 is 1.63 bits per heavy atom. The number of hydrogen-bond acceptors (Lipinski definition) is 4. The lowest BCUT2D eigenvalue weighted by molar-refractivity contribution is 0.00720. The first-order valence-electron chi connectivity index (χ1n) is 6.74. The van der Waals surface area contributed by atoms with Crippen molar-refractivity contribution in [2.75, 3.05) is 25.4 Å². The number of amides is 1. The van der Waals surface area contributed by atoms with Crippen LogP contribution < -0.4 is 5.73 Å². The minimum atomic E-state index is 0.00158. The van der Waals surface area contributed by atoms with Crippen LogP contribution in [-0.4, -0.2) is 41.6 Å². The van der Waals surface area contributed by atoms with E-state index in [9.17, 15) is 4.79 Å². The van der Waals surface area contributed by atoms with Crippen molar-refractivity contribution >= 4 is 11.6 Å². The third-order valence-electron chi connectivity index (χ3n) is 3.41. The van der Waals surface area contributed by atoms with Gasteiger partial charge in [-0.1, -0.05) is 0 Å². The maximum atomic E-state index is 12.5. The Balaban J connectivity index is 2.12. The fraction of sp³-hybridized carbons (Fsp3) is 0.571. The first kappa shape index (κ1) is 13.8. The molecule has 2 heterocycles. The third kappa shape index (κ3) is 3.23. The van der Waals surface area contributed by atoms with Crippen molar-refractivity contribution in [3.63, 3.8) is 0 Å². The molecule has 1 aromatic rings. The molecule has 1 saturated heterocycles. The van der Waals surface area contributed by atoms with Crippen molar-refractivity contribution in [3.05, 3.63) is 23.5 Å². The number of anilines is 1. The third-order valence-corrected chi connectivity index (χ3v) is 3.41. The number of nitrogens with zero attached hydrogens (tertiary/aromatic N) is 2. The van der Waals surface area contributed by atoms with Crippen LogP contribution in [0.1, 0.15) is 35.8 Å². The topological polar surface area (TPSA) is 68.5 Å². The lowest BCUT2D eigenvalue weighted by Gasteiger charge is -2.32. The van der Waals surface area contributed by atoms with Gasteiger partial charge in [-0.15, -0.1) is 0 Å². The molecule has 5 heteroatoms. The molecule has 1 fully saturated rings. The second-order valence-electron chi connectivity index (χ2n) is 4.87. The molecule has 1 aromatic heterocycles. The lowest BCUT2D eigenvalue weighted by Crippen LogP contribution is -2.43. The number of aryl methyl sites for hydroxylation is 1. The van der Waals surface area contributed by atoms with Gasteiger partial charge in [-0.25, -0.2) is 0 Å². The highest BCUT2D eigenvalue weighted by atomic mass is 16.5. The van der Waals surface area contributed by atoms with Crippen molar-refractivity contribution in [2.45, 2.75) is 32.8 Å². The van der Waals surface area contributed by atoms with Crippen LogP contribution in [0.2, 0.25) is 0 Å². The van der Waals surface area contributed by atoms with Crippen molar-refractivity contribution < 1.29 is 9.53 Å². The van der Waals surface area contributed by atoms with Crippen molar-refractivity contribution in [2.24, 2.45) is 0 Å². The zero-order valence-electron chi connectivity index (χ0n) is 11.6. The summed E-state index contributed by atoms with van der Waals surface area (Å²) in [6, 6.07) is 1.70. The van der Waals surface area contributed by atoms with Gasteiger partial charge in [-0.05, 0) is 32.8 Å². The van der Waals surface area contributed by atoms with Crippen molar-refractivity contribution in [1.82, 2.24) is 9.88 Å². The highest BCUT2D eigenvalue weighted by molar-refractivity contribution is 5.96. The van der Waals surface area contributed by atoms with Gasteiger partial charge in [0.2, 0.25) is 0 Å². The number of carbonyl (C=O) groups excluding carboxylic acids is 1. The first-order valence-corrected chi connectivity index (χ1v) is 6.74. The molecular weight excluding hydrogens is 242 g/mol. The number of carbonyl (C=O) groups is 1. The minimum absolute atomic E-state index is 0.00158. The Bertz CT molecular complexity index is 460. The number of piperidine rings is 1. The maximum absolute atomic E-state index is 12.5. The normalized spacial score (nSPS) is 19.5. The van der Waals surface area contributed by atoms with E-state index in [4.69, 9.17) is 10.5 Å². The Hall–Kier alpha value is -1.62. The molecule has 2 rings (SSSR count). The molecule has 104 valence electrons. The molecule has 1 aliphatic rings. The van der Waals surface area contributed by atoms with Gasteiger partial charge in [0.05, 0.1) is 29.2 Å². The Morgan fingerprint density at radius 2 is 2.42 bits per heavy atom. The largest absolute Gasteiger partial charge is 0.397 e. The maximum Gasteiger partial charge on any atom is 0.255 e. The summed E-state index contributed by atoms with van der Waals surface area (Å²) >= 11 is 0. The number of likely N-dealkylation sites (tertiary alicyclic amines) is 1. The smallest absolute Gasteiger partial charge is 0.255 e. The molecule has 5 nitrogen and oxygen atoms in total. The van der Waals surface area contributed by atoms with Gasteiger partial charge in [-0.2, -0.15) is 0 Å². The molecule has 19 heavy (non-hydrogen) atoms. The Kier molecular flexibility index (Phi) is 4.37. The number of pyridine rings is 1. The number of rotatable bonds is 3. The van der Waals surface area contributed by atoms with Crippen LogP contribution in [0, 0.1) is 6.92 Å². The van der Waals surface area contributed by atoms with Crippen LogP contribution >= 0.6 is 0 Å². The first-order chi connectivity index (χ1) is 9.11. The van der Waals surface area contributed by atoms with Gasteiger partial charge in [-0.3, -0.25) is 9.78 Å². The monoisotopic (exact) mass is 263 g/mol. The number of ether oxygens (including phenoxy) is 1. The van der Waals surface area contributed by atoms with Gasteiger partial charge < -0.3 is 15.4 Å². The Labute approximate surface area is 113 Å². The number of hydrogen-bond donors (Lipinski definition) is 1. The molecule has 1 atom stereocenters. The van der Waals surface area contributed by atoms with Gasteiger partial charge >= 0.3 is 0 Å². The van der Waals surface area contributed by atoms with E-state index in [0.29, 0.717) is 24.4 Å². The molecule has 1 unspecified atom stereocenters. The SMILES string of the molecule is CCOC1CCCN(C(=O)c2cc(N)cnc2C)C1. The summed E-state index contributed by atoms with van der Waals surface area (Å²) in [5, 5.41) is 0. The van der Waals surface area contributed by atoms with E-state index in [2.05, 4.69) is 4.98 Å². The second kappa shape index (κ2) is 6.02. The zero-order chi connectivity index (χ0) is 13.8. The second-order valence-corrected chi connectivity index (χ2v) is 4.87. The molecule has 0 spiro atoms. The van der Waals surface area contributed by atoms with Gasteiger partial charge in [0.25, 0.3) is 5.91 Å². The molecule has 0 bridgehead atoms. The average Bonchev–Trinajstić information content (AvgIpc) is 2.41. The lowest BCUT2D eigenvalue weighted by atomic mass is 10.1. The predicted molar refractivity (Wildman–Crippen MR) is 73.9 cm³/mol. The molecule has 1 amide bonds. The molecule has 2 N–H and O–H groups in total. The van der Waals surface area contributed by atoms with Gasteiger partial charge in [0.15, 0.2) is 0 Å². The van der Waals surface area contributed by atoms with Crippen LogP contribution in [0.5, 0.6) is 0 Å². The van der Waals surface area contributed by atoms with Crippen LogP contribution in [0.4, 0.5) is 5.69 Å². The van der Waals surface area contributed by atoms with Gasteiger partial charge in [0, 0.05) is 19.7 Å². The van der Waals surface area contributed by atoms with Crippen LogP contribution in [0.3, 0.4) is 0 Å². The van der Waals surface area contributed by atoms with E-state index in [1.807, 2.05) is 18.7 Å². The molecule has 0 saturated carbocycles. The fourth-order valence-corrected chi connectivity index (χ4v) is 2.43. The van der Waals surface area contributed by atoms with E-state index >= 15 is 0 Å². The standard InChI is InChI=1S/C14H21N3O2/c1-3-19-12-5-4-6-17(9-12)14(18)13-7-11(15)8-16-10(13)2/h7-8,12H,3-6,9,15H2,1-2H3. The van der Waals surface area contributed by atoms with Gasteiger partial charge in [0.1, 0.15) is 0 Å². The number of aromatic nitrogens is 1. The average molecular weight is 263 g/mol. The number of nitrogen functional groups attached to an aromatic ring is 1. The van der Waals surface area contributed by atoms with E-state index in [1.165, 1.54) is 0 Å². The van der Waals surface area contributed by atoms with Crippen LogP contribution in [0.25, 0.3) is 0 Å².